The molecule has 4 rings (SSSR count). The molecule has 1 aliphatic heterocycles. The number of ether oxygens (including phenoxy) is 1. The van der Waals surface area contributed by atoms with Gasteiger partial charge in [0.25, 0.3) is 5.91 Å². The second-order valence-corrected chi connectivity index (χ2v) is 8.24. The average Bonchev–Trinajstić information content (AvgIpc) is 3.12. The van der Waals surface area contributed by atoms with Crippen LogP contribution < -0.4 is 15.0 Å². The van der Waals surface area contributed by atoms with Gasteiger partial charge in [0.15, 0.2) is 17.6 Å². The van der Waals surface area contributed by atoms with E-state index in [9.17, 15) is 9.59 Å². The van der Waals surface area contributed by atoms with Crippen LogP contribution in [0.15, 0.2) is 53.7 Å². The van der Waals surface area contributed by atoms with Crippen molar-refractivity contribution in [3.8, 4) is 5.75 Å². The summed E-state index contributed by atoms with van der Waals surface area (Å²) in [5.74, 6) is 1.24. The van der Waals surface area contributed by atoms with Gasteiger partial charge in [0.05, 0.1) is 17.5 Å². The number of aromatic nitrogens is 3. The summed E-state index contributed by atoms with van der Waals surface area (Å²) in [6, 6.07) is 14.7. The van der Waals surface area contributed by atoms with Gasteiger partial charge in [0, 0.05) is 12.7 Å². The standard InChI is InChI=1S/C22H23N5O3S/c1-14-7-6-8-16(11-14)23-19(28)13-31-22-25-24-21(26(22)3)15(2)27-17-9-4-5-10-18(17)30-12-20(27)29/h4-11,15H,12-13H2,1-3H3,(H,23,28)/t15-/m0/s1. The number of rotatable bonds is 6. The summed E-state index contributed by atoms with van der Waals surface area (Å²) in [6.07, 6.45) is 0. The molecule has 0 fully saturated rings. The number of amides is 2. The summed E-state index contributed by atoms with van der Waals surface area (Å²) in [5.41, 5.74) is 2.56. The molecule has 0 saturated carbocycles. The van der Waals surface area contributed by atoms with Gasteiger partial charge < -0.3 is 14.6 Å². The lowest BCUT2D eigenvalue weighted by atomic mass is 10.1. The first kappa shape index (κ1) is 20.9. The first-order valence-corrected chi connectivity index (χ1v) is 10.8. The molecule has 0 bridgehead atoms. The Morgan fingerprint density at radius 2 is 2.03 bits per heavy atom. The zero-order valence-corrected chi connectivity index (χ0v) is 18.3. The highest BCUT2D eigenvalue weighted by molar-refractivity contribution is 7.99. The van der Waals surface area contributed by atoms with Crippen LogP contribution in [-0.2, 0) is 16.6 Å². The predicted molar refractivity (Wildman–Crippen MR) is 119 cm³/mol. The van der Waals surface area contributed by atoms with Gasteiger partial charge in [-0.25, -0.2) is 0 Å². The van der Waals surface area contributed by atoms with E-state index < -0.39 is 0 Å². The Morgan fingerprint density at radius 1 is 1.23 bits per heavy atom. The second-order valence-electron chi connectivity index (χ2n) is 7.30. The van der Waals surface area contributed by atoms with Gasteiger partial charge in [-0.15, -0.1) is 10.2 Å². The Bertz CT molecular complexity index is 1130. The van der Waals surface area contributed by atoms with Gasteiger partial charge >= 0.3 is 0 Å². The summed E-state index contributed by atoms with van der Waals surface area (Å²) < 4.78 is 7.35. The minimum atomic E-state index is -0.342. The third-order valence-electron chi connectivity index (χ3n) is 5.01. The Labute approximate surface area is 184 Å². The summed E-state index contributed by atoms with van der Waals surface area (Å²) in [7, 11) is 1.84. The predicted octanol–water partition coefficient (Wildman–Crippen LogP) is 3.34. The minimum Gasteiger partial charge on any atom is -0.482 e. The van der Waals surface area contributed by atoms with Crippen molar-refractivity contribution >= 4 is 35.0 Å². The van der Waals surface area contributed by atoms with Crippen LogP contribution in [0.2, 0.25) is 0 Å². The summed E-state index contributed by atoms with van der Waals surface area (Å²) >= 11 is 1.30. The van der Waals surface area contributed by atoms with Crippen LogP contribution in [0.4, 0.5) is 11.4 Å². The maximum Gasteiger partial charge on any atom is 0.265 e. The van der Waals surface area contributed by atoms with Gasteiger partial charge in [-0.3, -0.25) is 14.5 Å². The van der Waals surface area contributed by atoms with E-state index in [1.807, 2.05) is 74.0 Å². The fraction of sp³-hybridized carbons (Fsp3) is 0.273. The molecular formula is C22H23N5O3S. The molecule has 8 nitrogen and oxygen atoms in total. The quantitative estimate of drug-likeness (QED) is 0.595. The van der Waals surface area contributed by atoms with Gasteiger partial charge in [-0.2, -0.15) is 0 Å². The molecule has 2 aromatic carbocycles. The van der Waals surface area contributed by atoms with E-state index in [1.54, 1.807) is 4.90 Å². The van der Waals surface area contributed by atoms with Crippen molar-refractivity contribution in [3.63, 3.8) is 0 Å². The molecule has 0 radical (unpaired) electrons. The van der Waals surface area contributed by atoms with Gasteiger partial charge in [0.2, 0.25) is 5.91 Å². The number of fused-ring (bicyclic) bond motifs is 1. The van der Waals surface area contributed by atoms with Crippen molar-refractivity contribution in [1.82, 2.24) is 14.8 Å². The van der Waals surface area contributed by atoms with Crippen molar-refractivity contribution in [1.29, 1.82) is 0 Å². The number of para-hydroxylation sites is 2. The molecule has 0 unspecified atom stereocenters. The van der Waals surface area contributed by atoms with Crippen LogP contribution in [0.1, 0.15) is 24.4 Å². The lowest BCUT2D eigenvalue weighted by Gasteiger charge is -2.33. The molecule has 2 amide bonds. The van der Waals surface area contributed by atoms with E-state index in [-0.39, 0.29) is 30.2 Å². The number of nitrogens with one attached hydrogen (secondary N) is 1. The smallest absolute Gasteiger partial charge is 0.265 e. The number of aryl methyl sites for hydroxylation is 1. The molecule has 1 aliphatic rings. The molecule has 0 aliphatic carbocycles. The number of thioether (sulfide) groups is 1. The fourth-order valence-electron chi connectivity index (χ4n) is 3.53. The Morgan fingerprint density at radius 3 is 2.84 bits per heavy atom. The Kier molecular flexibility index (Phi) is 5.94. The SMILES string of the molecule is Cc1cccc(NC(=O)CSc2nnc([C@H](C)N3C(=O)COc4ccccc43)n2C)c1. The minimum absolute atomic E-state index is 0.0139. The number of hydrogen-bond acceptors (Lipinski definition) is 6. The van der Waals surface area contributed by atoms with Crippen molar-refractivity contribution in [3.05, 3.63) is 59.9 Å². The van der Waals surface area contributed by atoms with Gasteiger partial charge in [0.1, 0.15) is 5.75 Å². The maximum atomic E-state index is 12.6. The molecule has 0 saturated heterocycles. The molecule has 0 spiro atoms. The number of hydrogen-bond donors (Lipinski definition) is 1. The van der Waals surface area contributed by atoms with Gasteiger partial charge in [-0.1, -0.05) is 36.0 Å². The fourth-order valence-corrected chi connectivity index (χ4v) is 4.25. The van der Waals surface area contributed by atoms with Crippen molar-refractivity contribution in [2.45, 2.75) is 25.0 Å². The van der Waals surface area contributed by atoms with Crippen molar-refractivity contribution in [2.24, 2.45) is 7.05 Å². The maximum absolute atomic E-state index is 12.6. The molecule has 1 N–H and O–H groups in total. The zero-order chi connectivity index (χ0) is 22.0. The third-order valence-corrected chi connectivity index (χ3v) is 6.03. The Balaban J connectivity index is 1.46. The topological polar surface area (TPSA) is 89.3 Å². The molecule has 2 heterocycles. The van der Waals surface area contributed by atoms with Crippen molar-refractivity contribution in [2.75, 3.05) is 22.6 Å². The molecule has 1 atom stereocenters. The molecule has 1 aromatic heterocycles. The number of nitrogens with zero attached hydrogens (tertiary/aromatic N) is 4. The average molecular weight is 438 g/mol. The van der Waals surface area contributed by atoms with Crippen LogP contribution in [0.3, 0.4) is 0 Å². The largest absolute Gasteiger partial charge is 0.482 e. The number of anilines is 2. The van der Waals surface area contributed by atoms with E-state index in [4.69, 9.17) is 4.74 Å². The molecule has 160 valence electrons. The molecule has 31 heavy (non-hydrogen) atoms. The summed E-state index contributed by atoms with van der Waals surface area (Å²) in [4.78, 5) is 26.6. The zero-order valence-electron chi connectivity index (χ0n) is 17.5. The summed E-state index contributed by atoms with van der Waals surface area (Å²) in [5, 5.41) is 12.0. The van der Waals surface area contributed by atoms with Crippen molar-refractivity contribution < 1.29 is 14.3 Å². The number of carbonyl (C=O) groups excluding carboxylic acids is 2. The third kappa shape index (κ3) is 4.41. The van der Waals surface area contributed by atoms with Crippen LogP contribution in [0, 0.1) is 6.92 Å². The molecular weight excluding hydrogens is 414 g/mol. The van der Waals surface area contributed by atoms with E-state index >= 15 is 0 Å². The van der Waals surface area contributed by atoms with E-state index in [1.165, 1.54) is 11.8 Å². The highest BCUT2D eigenvalue weighted by Gasteiger charge is 2.32. The van der Waals surface area contributed by atoms with Crippen LogP contribution >= 0.6 is 11.8 Å². The van der Waals surface area contributed by atoms with Crippen LogP contribution in [0.5, 0.6) is 5.75 Å². The summed E-state index contributed by atoms with van der Waals surface area (Å²) in [6.45, 7) is 3.87. The normalized spacial score (nSPS) is 14.0. The van der Waals surface area contributed by atoms with Gasteiger partial charge in [-0.05, 0) is 43.7 Å². The Hall–Kier alpha value is -3.33. The van der Waals surface area contributed by atoms with E-state index in [0.29, 0.717) is 22.4 Å². The highest BCUT2D eigenvalue weighted by Crippen LogP contribution is 2.37. The lowest BCUT2D eigenvalue weighted by Crippen LogP contribution is -2.41. The van der Waals surface area contributed by atoms with E-state index in [0.717, 1.165) is 11.3 Å². The van der Waals surface area contributed by atoms with Crippen LogP contribution in [0.25, 0.3) is 0 Å². The number of carbonyl (C=O) groups is 2. The molecule has 9 heteroatoms. The molecule has 3 aromatic rings. The lowest BCUT2D eigenvalue weighted by molar-refractivity contribution is -0.121. The second kappa shape index (κ2) is 8.81. The highest BCUT2D eigenvalue weighted by atomic mass is 32.2. The van der Waals surface area contributed by atoms with Crippen LogP contribution in [-0.4, -0.2) is 38.9 Å². The van der Waals surface area contributed by atoms with E-state index in [2.05, 4.69) is 15.5 Å². The first-order chi connectivity index (χ1) is 14.9. The first-order valence-electron chi connectivity index (χ1n) is 9.86. The monoisotopic (exact) mass is 437 g/mol. The number of benzene rings is 2.